The topological polar surface area (TPSA) is 64.6 Å². The summed E-state index contributed by atoms with van der Waals surface area (Å²) in [4.78, 5) is 25.7. The maximum absolute atomic E-state index is 12.4. The minimum absolute atomic E-state index is 0.0327. The predicted molar refractivity (Wildman–Crippen MR) is 115 cm³/mol. The first-order chi connectivity index (χ1) is 14.1. The van der Waals surface area contributed by atoms with E-state index in [4.69, 9.17) is 9.47 Å². The summed E-state index contributed by atoms with van der Waals surface area (Å²) >= 11 is 1.43. The molecule has 5 nitrogen and oxygen atoms in total. The molecule has 0 bridgehead atoms. The van der Waals surface area contributed by atoms with Crippen molar-refractivity contribution in [2.45, 2.75) is 4.90 Å². The predicted octanol–water partition coefficient (Wildman–Crippen LogP) is 4.93. The summed E-state index contributed by atoms with van der Waals surface area (Å²) < 4.78 is 10.2. The molecule has 3 aromatic rings. The van der Waals surface area contributed by atoms with E-state index in [-0.39, 0.29) is 11.7 Å². The van der Waals surface area contributed by atoms with E-state index in [1.807, 2.05) is 24.3 Å². The number of benzene rings is 3. The van der Waals surface area contributed by atoms with Crippen LogP contribution in [-0.2, 0) is 0 Å². The van der Waals surface area contributed by atoms with Crippen molar-refractivity contribution in [3.63, 3.8) is 0 Å². The average Bonchev–Trinajstić information content (AvgIpc) is 2.77. The molecule has 0 spiro atoms. The second kappa shape index (κ2) is 9.80. The Morgan fingerprint density at radius 2 is 1.41 bits per heavy atom. The van der Waals surface area contributed by atoms with Crippen molar-refractivity contribution < 1.29 is 19.1 Å². The molecule has 0 fully saturated rings. The van der Waals surface area contributed by atoms with E-state index >= 15 is 0 Å². The Morgan fingerprint density at radius 1 is 0.828 bits per heavy atom. The molecule has 0 radical (unpaired) electrons. The van der Waals surface area contributed by atoms with Crippen LogP contribution < -0.4 is 14.8 Å². The Kier molecular flexibility index (Phi) is 6.92. The molecule has 3 rings (SSSR count). The lowest BCUT2D eigenvalue weighted by Crippen LogP contribution is -2.11. The lowest BCUT2D eigenvalue weighted by atomic mass is 10.1. The van der Waals surface area contributed by atoms with Gasteiger partial charge in [0.25, 0.3) is 5.91 Å². The SMILES string of the molecule is COc1ccc(C(=O)CSc2cccc(NC(=O)c3ccc(OC)cc3)c2)cc1. The summed E-state index contributed by atoms with van der Waals surface area (Å²) in [6.07, 6.45) is 0. The summed E-state index contributed by atoms with van der Waals surface area (Å²) in [6.45, 7) is 0. The van der Waals surface area contributed by atoms with Crippen molar-refractivity contribution in [3.05, 3.63) is 83.9 Å². The second-order valence-electron chi connectivity index (χ2n) is 6.15. The lowest BCUT2D eigenvalue weighted by Gasteiger charge is -2.08. The Bertz CT molecular complexity index is 985. The van der Waals surface area contributed by atoms with Crippen LogP contribution in [-0.4, -0.2) is 31.7 Å². The molecule has 6 heteroatoms. The number of anilines is 1. The summed E-state index contributed by atoms with van der Waals surface area (Å²) in [6, 6.07) is 21.4. The number of hydrogen-bond acceptors (Lipinski definition) is 5. The van der Waals surface area contributed by atoms with E-state index < -0.39 is 0 Å². The fraction of sp³-hybridized carbons (Fsp3) is 0.130. The van der Waals surface area contributed by atoms with Gasteiger partial charge in [-0.1, -0.05) is 6.07 Å². The summed E-state index contributed by atoms with van der Waals surface area (Å²) in [5.74, 6) is 1.55. The Balaban J connectivity index is 1.59. The van der Waals surface area contributed by atoms with Gasteiger partial charge in [0.15, 0.2) is 5.78 Å². The highest BCUT2D eigenvalue weighted by Gasteiger charge is 2.09. The molecule has 0 unspecified atom stereocenters. The largest absolute Gasteiger partial charge is 0.497 e. The molecule has 0 atom stereocenters. The highest BCUT2D eigenvalue weighted by atomic mass is 32.2. The molecular weight excluding hydrogens is 386 g/mol. The van der Waals surface area contributed by atoms with E-state index in [1.54, 1.807) is 62.8 Å². The van der Waals surface area contributed by atoms with Crippen LogP contribution in [0.15, 0.2) is 77.7 Å². The van der Waals surface area contributed by atoms with Crippen molar-refractivity contribution in [2.24, 2.45) is 0 Å². The van der Waals surface area contributed by atoms with Crippen LogP contribution in [0, 0.1) is 0 Å². The van der Waals surface area contributed by atoms with E-state index in [0.717, 1.165) is 10.6 Å². The number of methoxy groups -OCH3 is 2. The van der Waals surface area contributed by atoms with E-state index in [9.17, 15) is 9.59 Å². The number of rotatable bonds is 8. The number of ether oxygens (including phenoxy) is 2. The van der Waals surface area contributed by atoms with Gasteiger partial charge in [-0.3, -0.25) is 9.59 Å². The van der Waals surface area contributed by atoms with E-state index in [1.165, 1.54) is 11.8 Å². The Labute approximate surface area is 174 Å². The normalized spacial score (nSPS) is 10.3. The molecular formula is C23H21NO4S. The van der Waals surface area contributed by atoms with Gasteiger partial charge in [-0.05, 0) is 66.7 Å². The highest BCUT2D eigenvalue weighted by Crippen LogP contribution is 2.24. The lowest BCUT2D eigenvalue weighted by molar-refractivity contribution is 0.101. The zero-order chi connectivity index (χ0) is 20.6. The van der Waals surface area contributed by atoms with Gasteiger partial charge >= 0.3 is 0 Å². The highest BCUT2D eigenvalue weighted by molar-refractivity contribution is 8.00. The van der Waals surface area contributed by atoms with Crippen molar-refractivity contribution >= 4 is 29.1 Å². The van der Waals surface area contributed by atoms with Crippen LogP contribution in [0.2, 0.25) is 0 Å². The van der Waals surface area contributed by atoms with Gasteiger partial charge in [0.2, 0.25) is 0 Å². The molecule has 1 N–H and O–H groups in total. The quantitative estimate of drug-likeness (QED) is 0.424. The zero-order valence-corrected chi connectivity index (χ0v) is 17.0. The number of nitrogens with one attached hydrogen (secondary N) is 1. The van der Waals surface area contributed by atoms with Crippen LogP contribution in [0.3, 0.4) is 0 Å². The maximum Gasteiger partial charge on any atom is 0.255 e. The van der Waals surface area contributed by atoms with Crippen LogP contribution in [0.25, 0.3) is 0 Å². The smallest absolute Gasteiger partial charge is 0.255 e. The number of ketones is 1. The molecule has 0 saturated heterocycles. The standard InChI is InChI=1S/C23H21NO4S/c1-27-19-10-6-16(7-11-19)22(25)15-29-21-5-3-4-18(14-21)24-23(26)17-8-12-20(28-2)13-9-17/h3-14H,15H2,1-2H3,(H,24,26). The van der Waals surface area contributed by atoms with Crippen molar-refractivity contribution in [1.82, 2.24) is 0 Å². The Morgan fingerprint density at radius 3 is 2.00 bits per heavy atom. The van der Waals surface area contributed by atoms with Gasteiger partial charge < -0.3 is 14.8 Å². The number of carbonyl (C=O) groups excluding carboxylic acids is 2. The first-order valence-corrected chi connectivity index (χ1v) is 9.93. The summed E-state index contributed by atoms with van der Waals surface area (Å²) in [5, 5.41) is 2.88. The summed E-state index contributed by atoms with van der Waals surface area (Å²) in [7, 11) is 3.17. The molecule has 148 valence electrons. The average molecular weight is 407 g/mol. The third kappa shape index (κ3) is 5.62. The van der Waals surface area contributed by atoms with Gasteiger partial charge in [0.05, 0.1) is 20.0 Å². The molecule has 0 saturated carbocycles. The van der Waals surface area contributed by atoms with E-state index in [0.29, 0.717) is 28.3 Å². The zero-order valence-electron chi connectivity index (χ0n) is 16.2. The van der Waals surface area contributed by atoms with Crippen molar-refractivity contribution in [3.8, 4) is 11.5 Å². The Hall–Kier alpha value is -3.25. The second-order valence-corrected chi connectivity index (χ2v) is 7.20. The fourth-order valence-corrected chi connectivity index (χ4v) is 3.47. The third-order valence-corrected chi connectivity index (χ3v) is 5.22. The monoisotopic (exact) mass is 407 g/mol. The van der Waals surface area contributed by atoms with Gasteiger partial charge in [-0.2, -0.15) is 0 Å². The molecule has 0 aliphatic carbocycles. The number of carbonyl (C=O) groups is 2. The van der Waals surface area contributed by atoms with Gasteiger partial charge in [0.1, 0.15) is 11.5 Å². The van der Waals surface area contributed by atoms with E-state index in [2.05, 4.69) is 5.32 Å². The van der Waals surface area contributed by atoms with Crippen LogP contribution in [0.4, 0.5) is 5.69 Å². The molecule has 3 aromatic carbocycles. The first-order valence-electron chi connectivity index (χ1n) is 8.94. The summed E-state index contributed by atoms with van der Waals surface area (Å²) in [5.41, 5.74) is 1.86. The van der Waals surface area contributed by atoms with Crippen molar-refractivity contribution in [2.75, 3.05) is 25.3 Å². The van der Waals surface area contributed by atoms with Gasteiger partial charge in [-0.25, -0.2) is 0 Å². The van der Waals surface area contributed by atoms with Crippen LogP contribution >= 0.6 is 11.8 Å². The fourth-order valence-electron chi connectivity index (χ4n) is 2.62. The molecule has 0 aliphatic rings. The molecule has 0 heterocycles. The minimum atomic E-state index is -0.205. The minimum Gasteiger partial charge on any atom is -0.497 e. The first kappa shape index (κ1) is 20.5. The molecule has 0 aliphatic heterocycles. The number of Topliss-reactive ketones (excluding diaryl/α,β-unsaturated/α-hetero) is 1. The van der Waals surface area contributed by atoms with Gasteiger partial charge in [-0.15, -0.1) is 11.8 Å². The number of hydrogen-bond donors (Lipinski definition) is 1. The molecule has 1 amide bonds. The number of amides is 1. The van der Waals surface area contributed by atoms with Gasteiger partial charge in [0, 0.05) is 21.7 Å². The number of thioether (sulfide) groups is 1. The van der Waals surface area contributed by atoms with Crippen LogP contribution in [0.1, 0.15) is 20.7 Å². The van der Waals surface area contributed by atoms with Crippen LogP contribution in [0.5, 0.6) is 11.5 Å². The molecule has 0 aromatic heterocycles. The molecule has 29 heavy (non-hydrogen) atoms. The third-order valence-electron chi connectivity index (χ3n) is 4.23. The maximum atomic E-state index is 12.4. The van der Waals surface area contributed by atoms with Crippen molar-refractivity contribution in [1.29, 1.82) is 0 Å².